The molecule has 0 saturated carbocycles. The molecule has 4 nitrogen and oxygen atoms in total. The predicted molar refractivity (Wildman–Crippen MR) is 592 cm³/mol. The number of anilines is 12. The summed E-state index contributed by atoms with van der Waals surface area (Å²) in [4.78, 5) is 10.6. The summed E-state index contributed by atoms with van der Waals surface area (Å²) in [6.07, 6.45) is 1.80. The number of para-hydroxylation sites is 3. The van der Waals surface area contributed by atoms with E-state index in [0.717, 1.165) is 114 Å². The van der Waals surface area contributed by atoms with E-state index in [1.54, 1.807) is 0 Å². The topological polar surface area (TPSA) is 13.0 Å². The molecule has 138 heavy (non-hydrogen) atoms. The van der Waals surface area contributed by atoms with Crippen molar-refractivity contribution in [1.29, 1.82) is 0 Å². The molecule has 22 aromatic carbocycles. The second-order valence-corrected chi connectivity index (χ2v) is 39.3. The normalized spacial score (nSPS) is 13.5. The molecular weight excluding hydrogens is 1670 g/mol. The zero-order valence-corrected chi connectivity index (χ0v) is 80.6. The Morgan fingerprint density at radius 1 is 0.261 bits per heavy atom. The second kappa shape index (κ2) is 34.2. The summed E-state index contributed by atoms with van der Waals surface area (Å²) in [6, 6.07) is 155. The number of rotatable bonds is 17. The molecule has 2 unspecified atom stereocenters. The maximum absolute atomic E-state index is 2.69. The molecule has 4 heterocycles. The van der Waals surface area contributed by atoms with Crippen LogP contribution in [0, 0.1) is 27.7 Å². The van der Waals surface area contributed by atoms with Gasteiger partial charge < -0.3 is 19.6 Å². The van der Waals surface area contributed by atoms with Gasteiger partial charge in [-0.25, -0.2) is 0 Å². The molecule has 4 heteroatoms. The molecule has 0 fully saturated rings. The average Bonchev–Trinajstić information content (AvgIpc) is 1.09. The lowest BCUT2D eigenvalue weighted by molar-refractivity contribution is 0.875. The first-order valence-electron chi connectivity index (χ1n) is 49.6. The molecule has 0 amide bonds. The average molecular weight is 1780 g/mol. The van der Waals surface area contributed by atoms with Crippen molar-refractivity contribution in [3.8, 4) is 77.9 Å². The Morgan fingerprint density at radius 3 is 1.09 bits per heavy atom. The van der Waals surface area contributed by atoms with Gasteiger partial charge in [0.25, 0.3) is 0 Å². The van der Waals surface area contributed by atoms with Crippen LogP contribution >= 0.6 is 0 Å². The minimum Gasteiger partial charge on any atom is -0.309 e. The van der Waals surface area contributed by atoms with E-state index in [1.807, 2.05) is 0 Å². The number of hydrogen-bond acceptors (Lipinski definition) is 4. The van der Waals surface area contributed by atoms with Crippen molar-refractivity contribution in [3.05, 3.63) is 467 Å². The highest BCUT2D eigenvalue weighted by Crippen LogP contribution is 2.60. The van der Waals surface area contributed by atoms with Crippen LogP contribution in [0.4, 0.5) is 68.2 Å². The Kier molecular flexibility index (Phi) is 21.1. The standard InChI is InChI=1S/C134H110N4/c1-13-89-36-29-46-100(73-89)135(131-83(7)33-26-52-105(131)95-42-22-17-23-43-95)123-77-119(81(3)4)110-66-70-116-124(78-120(82(5)6)111-65-69-115(123)127(110)128(111)116)136(101-47-30-37-90(14-2)74-101)133-85(9)35-28-54-114(133)109-51-25-24-50-108(109)104-63-64-107-97-61-57-92(58-62-97)87(11)122-80-126(138(134(107)88(104)12)103-49-32-45-99(76-103)94-40-20-16-21-41-94)118-72-68-112-121-79-125(117-71-67-113(122)130(118)129(112)117)137(102-48-31-44-98(75-102)93-38-18-15-19-39-93)132-84(8)34-27-53-106(132)96-59-55-91(56-60-96)86(121)10/h15-82,86-87H,13-14H2,1-12H3. The van der Waals surface area contributed by atoms with Gasteiger partial charge in [-0.15, -0.1) is 0 Å². The molecule has 22 aromatic rings. The third-order valence-electron chi connectivity index (χ3n) is 30.6. The lowest BCUT2D eigenvalue weighted by Crippen LogP contribution is -2.16. The third-order valence-corrected chi connectivity index (χ3v) is 30.6. The van der Waals surface area contributed by atoms with Crippen LogP contribution in [-0.2, 0) is 12.8 Å². The smallest absolute Gasteiger partial charge is 0.0575 e. The molecule has 26 rings (SSSR count). The summed E-state index contributed by atoms with van der Waals surface area (Å²) < 4.78 is 0. The molecule has 0 N–H and O–H groups in total. The zero-order chi connectivity index (χ0) is 93.6. The first-order chi connectivity index (χ1) is 67.5. The third kappa shape index (κ3) is 13.9. The van der Waals surface area contributed by atoms with Gasteiger partial charge in [-0.3, -0.25) is 0 Å². The molecule has 0 radical (unpaired) electrons. The summed E-state index contributed by atoms with van der Waals surface area (Å²) >= 11 is 0. The van der Waals surface area contributed by atoms with Crippen LogP contribution in [0.2, 0.25) is 0 Å². The van der Waals surface area contributed by atoms with Crippen molar-refractivity contribution >= 4 is 133 Å². The number of hydrogen-bond donors (Lipinski definition) is 0. The van der Waals surface area contributed by atoms with Crippen LogP contribution in [-0.4, -0.2) is 0 Å². The highest BCUT2D eigenvalue weighted by atomic mass is 15.2. The number of fused-ring (bicyclic) bond motifs is 4. The van der Waals surface area contributed by atoms with Crippen LogP contribution in [0.15, 0.2) is 400 Å². The van der Waals surface area contributed by atoms with Crippen LogP contribution in [0.5, 0.6) is 0 Å². The number of nitrogens with zero attached hydrogens (tertiary/aromatic N) is 4. The number of benzene rings is 22. The van der Waals surface area contributed by atoms with E-state index in [-0.39, 0.29) is 23.7 Å². The minimum absolute atomic E-state index is 0.0123. The lowest BCUT2D eigenvalue weighted by Gasteiger charge is -2.34. The molecule has 666 valence electrons. The van der Waals surface area contributed by atoms with Gasteiger partial charge in [0, 0.05) is 78.4 Å². The quantitative estimate of drug-likeness (QED) is 0.0843. The molecule has 0 aromatic heterocycles. The number of aryl methyl sites for hydroxylation is 5. The van der Waals surface area contributed by atoms with Gasteiger partial charge in [-0.1, -0.05) is 383 Å². The molecule has 4 aliphatic rings. The SMILES string of the molecule is CCc1cccc(N(c2c(C)cccc2-c2ccccc2)c2cc(C(C)C)c3ccc4c(N(c5cccc(CC)c5)c5c(C)cccc5-c5ccccc5-c5ccc6c(c5C)N(c5cccc(-c7ccccc7)c5)c5cc(c7ccc8c9cc(c%10ccc5c7c%108)C(C)c5ccc(cc5)-c5cccc(C)c5N9c5cccc(-c7ccccc7)c5)C(C)c5ccc-6cc5)cc(C(C)C)c5ccc2c3c54)c1. The molecular formula is C134H110N4. The van der Waals surface area contributed by atoms with Crippen LogP contribution in [0.3, 0.4) is 0 Å². The van der Waals surface area contributed by atoms with Crippen molar-refractivity contribution in [2.24, 2.45) is 0 Å². The highest BCUT2D eigenvalue weighted by Gasteiger charge is 2.36. The van der Waals surface area contributed by atoms with E-state index < -0.39 is 0 Å². The fourth-order valence-electron chi connectivity index (χ4n) is 23.6. The van der Waals surface area contributed by atoms with Gasteiger partial charge in [0.2, 0.25) is 0 Å². The first-order valence-corrected chi connectivity index (χ1v) is 49.6. The van der Waals surface area contributed by atoms with E-state index in [2.05, 4.69) is 503 Å². The molecule has 0 spiro atoms. The van der Waals surface area contributed by atoms with Crippen LogP contribution in [0.25, 0.3) is 143 Å². The molecule has 4 aliphatic heterocycles. The fraction of sp³-hybridized carbons (Fsp3) is 0.134. The first kappa shape index (κ1) is 85.1. The molecule has 0 saturated heterocycles. The van der Waals surface area contributed by atoms with E-state index >= 15 is 0 Å². The van der Waals surface area contributed by atoms with Crippen molar-refractivity contribution in [2.45, 2.75) is 120 Å². The fourth-order valence-corrected chi connectivity index (χ4v) is 23.6. The summed E-state index contributed by atoms with van der Waals surface area (Å²) in [6.45, 7) is 28.4. The summed E-state index contributed by atoms with van der Waals surface area (Å²) in [5.41, 5.74) is 45.0. The van der Waals surface area contributed by atoms with Gasteiger partial charge in [0.05, 0.1) is 45.5 Å². The molecule has 2 atom stereocenters. The Bertz CT molecular complexity index is 8560. The van der Waals surface area contributed by atoms with Crippen molar-refractivity contribution in [3.63, 3.8) is 0 Å². The Balaban J connectivity index is 0.753. The van der Waals surface area contributed by atoms with Crippen LogP contribution < -0.4 is 19.6 Å². The van der Waals surface area contributed by atoms with Gasteiger partial charge in [-0.2, -0.15) is 0 Å². The van der Waals surface area contributed by atoms with Crippen molar-refractivity contribution in [1.82, 2.24) is 0 Å². The summed E-state index contributed by atoms with van der Waals surface area (Å²) in [5.74, 6) is 0.363. The Morgan fingerprint density at radius 2 is 0.616 bits per heavy atom. The van der Waals surface area contributed by atoms with Crippen molar-refractivity contribution < 1.29 is 0 Å². The lowest BCUT2D eigenvalue weighted by atomic mass is 9.81. The maximum atomic E-state index is 2.69. The monoisotopic (exact) mass is 1770 g/mol. The predicted octanol–water partition coefficient (Wildman–Crippen LogP) is 38.6. The summed E-state index contributed by atoms with van der Waals surface area (Å²) in [5, 5.41) is 15.0. The second-order valence-electron chi connectivity index (χ2n) is 39.3. The largest absolute Gasteiger partial charge is 0.309 e. The summed E-state index contributed by atoms with van der Waals surface area (Å²) in [7, 11) is 0. The van der Waals surface area contributed by atoms with Crippen molar-refractivity contribution in [2.75, 3.05) is 19.6 Å². The molecule has 8 bridgehead atoms. The van der Waals surface area contributed by atoms with E-state index in [4.69, 9.17) is 0 Å². The maximum Gasteiger partial charge on any atom is 0.0575 e. The van der Waals surface area contributed by atoms with Gasteiger partial charge in [0.1, 0.15) is 0 Å². The Hall–Kier alpha value is -15.9. The zero-order valence-electron chi connectivity index (χ0n) is 80.6. The van der Waals surface area contributed by atoms with Gasteiger partial charge >= 0.3 is 0 Å². The van der Waals surface area contributed by atoms with E-state index in [0.29, 0.717) is 0 Å². The van der Waals surface area contributed by atoms with Crippen LogP contribution in [0.1, 0.15) is 146 Å². The van der Waals surface area contributed by atoms with Gasteiger partial charge in [-0.05, 0) is 291 Å². The van der Waals surface area contributed by atoms with E-state index in [1.165, 1.54) is 176 Å². The van der Waals surface area contributed by atoms with E-state index in [9.17, 15) is 0 Å². The molecule has 0 aliphatic carbocycles. The highest BCUT2D eigenvalue weighted by molar-refractivity contribution is 6.32. The minimum atomic E-state index is -0.0123. The Labute approximate surface area is 811 Å². The van der Waals surface area contributed by atoms with Gasteiger partial charge in [0.15, 0.2) is 0 Å².